The first-order valence-corrected chi connectivity index (χ1v) is 12.2. The van der Waals surface area contributed by atoms with E-state index in [9.17, 15) is 19.8 Å². The van der Waals surface area contributed by atoms with Crippen LogP contribution in [-0.4, -0.2) is 27.7 Å². The number of carbonyl (C=O) groups is 2. The average Bonchev–Trinajstić information content (AvgIpc) is 2.96. The van der Waals surface area contributed by atoms with Crippen molar-refractivity contribution >= 4 is 23.2 Å². The largest absolute Gasteiger partial charge is 0.508 e. The van der Waals surface area contributed by atoms with Crippen molar-refractivity contribution < 1.29 is 19.8 Å². The molecule has 35 heavy (non-hydrogen) atoms. The Kier molecular flexibility index (Phi) is 5.03. The highest BCUT2D eigenvalue weighted by Gasteiger charge is 2.82. The molecule has 6 nitrogen and oxygen atoms in total. The zero-order valence-electron chi connectivity index (χ0n) is 22.6. The number of nitrogens with zero attached hydrogens (tertiary/aromatic N) is 2. The highest BCUT2D eigenvalue weighted by Crippen LogP contribution is 2.72. The molecule has 4 rings (SSSR count). The van der Waals surface area contributed by atoms with E-state index >= 15 is 0 Å². The van der Waals surface area contributed by atoms with Crippen LogP contribution in [0.25, 0.3) is 0 Å². The second-order valence-electron chi connectivity index (χ2n) is 12.4. The lowest BCUT2D eigenvalue weighted by Gasteiger charge is -2.58. The molecule has 2 N–H and O–H groups in total. The summed E-state index contributed by atoms with van der Waals surface area (Å²) in [6, 6.07) is 10.5. The summed E-state index contributed by atoms with van der Waals surface area (Å²) in [6.07, 6.45) is 0. The summed E-state index contributed by atoms with van der Waals surface area (Å²) >= 11 is 0. The molecule has 0 atom stereocenters. The van der Waals surface area contributed by atoms with Gasteiger partial charge in [0.2, 0.25) is 11.8 Å². The van der Waals surface area contributed by atoms with Crippen LogP contribution in [0.3, 0.4) is 0 Å². The SMILES string of the molecule is Cc1ccc(N2C(=O)C(C)(C)C(C)(C)C23N(c2ccc(C)c(O)c2)C(=O)C(C)(C)C3(C)C)cc1O. The maximum Gasteiger partial charge on any atom is 0.235 e. The third-order valence-electron chi connectivity index (χ3n) is 9.89. The third-order valence-corrected chi connectivity index (χ3v) is 9.89. The number of carbonyl (C=O) groups excluding carboxylic acids is 2. The van der Waals surface area contributed by atoms with Gasteiger partial charge in [0.15, 0.2) is 0 Å². The second kappa shape index (κ2) is 7.02. The molecule has 0 aromatic heterocycles. The van der Waals surface area contributed by atoms with Crippen molar-refractivity contribution in [2.45, 2.75) is 74.9 Å². The molecule has 0 saturated carbocycles. The average molecular weight is 479 g/mol. The van der Waals surface area contributed by atoms with E-state index in [0.717, 1.165) is 0 Å². The Morgan fingerprint density at radius 3 is 1.20 bits per heavy atom. The van der Waals surface area contributed by atoms with Crippen LogP contribution in [0.15, 0.2) is 36.4 Å². The van der Waals surface area contributed by atoms with Crippen molar-refractivity contribution in [2.24, 2.45) is 21.7 Å². The molecular formula is C29H38N2O4. The van der Waals surface area contributed by atoms with Crippen molar-refractivity contribution in [1.82, 2.24) is 0 Å². The van der Waals surface area contributed by atoms with E-state index < -0.39 is 27.3 Å². The molecule has 2 aliphatic rings. The van der Waals surface area contributed by atoms with Crippen LogP contribution in [0.4, 0.5) is 11.4 Å². The van der Waals surface area contributed by atoms with E-state index in [1.54, 1.807) is 34.1 Å². The van der Waals surface area contributed by atoms with Crippen molar-refractivity contribution in [3.05, 3.63) is 47.5 Å². The zero-order valence-corrected chi connectivity index (χ0v) is 22.6. The topological polar surface area (TPSA) is 81.1 Å². The molecule has 2 aliphatic heterocycles. The number of rotatable bonds is 2. The van der Waals surface area contributed by atoms with Gasteiger partial charge in [0.05, 0.1) is 10.8 Å². The van der Waals surface area contributed by atoms with E-state index in [1.807, 2.05) is 53.7 Å². The maximum absolute atomic E-state index is 14.4. The number of anilines is 2. The third kappa shape index (κ3) is 2.66. The Hall–Kier alpha value is -3.02. The Labute approximate surface area is 208 Å². The molecule has 2 fully saturated rings. The van der Waals surface area contributed by atoms with Crippen molar-refractivity contribution in [1.29, 1.82) is 0 Å². The van der Waals surface area contributed by atoms with Gasteiger partial charge in [-0.05, 0) is 37.1 Å². The minimum Gasteiger partial charge on any atom is -0.508 e. The quantitative estimate of drug-likeness (QED) is 0.562. The molecule has 0 radical (unpaired) electrons. The standard InChI is InChI=1S/C29H38N2O4/c1-17-11-13-19(15-21(17)32)30-23(34)25(3,4)27(7,8)29(30)28(9,10)26(5,6)24(35)31(29)20-14-12-18(2)22(33)16-20/h11-16,32-33H,1-10H3. The predicted molar refractivity (Wildman–Crippen MR) is 139 cm³/mol. The summed E-state index contributed by atoms with van der Waals surface area (Å²) in [6.45, 7) is 19.6. The normalized spacial score (nSPS) is 23.4. The van der Waals surface area contributed by atoms with Crippen LogP contribution in [0, 0.1) is 35.5 Å². The Balaban J connectivity index is 2.19. The number of aromatic hydroxyl groups is 2. The smallest absolute Gasteiger partial charge is 0.235 e. The van der Waals surface area contributed by atoms with Crippen LogP contribution >= 0.6 is 0 Å². The van der Waals surface area contributed by atoms with Gasteiger partial charge in [0.25, 0.3) is 0 Å². The number of phenols is 2. The van der Waals surface area contributed by atoms with E-state index in [0.29, 0.717) is 22.5 Å². The number of benzene rings is 2. The molecule has 2 amide bonds. The number of phenolic OH excluding ortho intramolecular Hbond substituents is 2. The van der Waals surface area contributed by atoms with Crippen LogP contribution < -0.4 is 9.80 Å². The van der Waals surface area contributed by atoms with Crippen molar-refractivity contribution in [2.75, 3.05) is 9.80 Å². The monoisotopic (exact) mass is 478 g/mol. The Bertz CT molecular complexity index is 1160. The van der Waals surface area contributed by atoms with Crippen LogP contribution in [0.2, 0.25) is 0 Å². The molecule has 2 saturated heterocycles. The fourth-order valence-corrected chi connectivity index (χ4v) is 6.34. The van der Waals surface area contributed by atoms with Crippen LogP contribution in [-0.2, 0) is 9.59 Å². The first-order valence-electron chi connectivity index (χ1n) is 12.2. The van der Waals surface area contributed by atoms with Gasteiger partial charge in [0, 0.05) is 34.3 Å². The Morgan fingerprint density at radius 1 is 0.600 bits per heavy atom. The van der Waals surface area contributed by atoms with Gasteiger partial charge in [-0.1, -0.05) is 67.5 Å². The van der Waals surface area contributed by atoms with Gasteiger partial charge in [-0.2, -0.15) is 0 Å². The van der Waals surface area contributed by atoms with E-state index in [4.69, 9.17) is 0 Å². The molecule has 2 aromatic rings. The van der Waals surface area contributed by atoms with Crippen LogP contribution in [0.5, 0.6) is 11.5 Å². The molecule has 1 spiro atoms. The van der Waals surface area contributed by atoms with Gasteiger partial charge in [0.1, 0.15) is 17.2 Å². The lowest BCUT2D eigenvalue weighted by molar-refractivity contribution is -0.127. The summed E-state index contributed by atoms with van der Waals surface area (Å²) in [5.74, 6) is -0.0564. The summed E-state index contributed by atoms with van der Waals surface area (Å²) in [5.41, 5.74) is -1.85. The molecule has 0 bridgehead atoms. The van der Waals surface area contributed by atoms with E-state index in [2.05, 4.69) is 27.7 Å². The first-order chi connectivity index (χ1) is 15.9. The number of aryl methyl sites for hydroxylation is 2. The lowest BCUT2D eigenvalue weighted by atomic mass is 9.53. The first kappa shape index (κ1) is 25.1. The van der Waals surface area contributed by atoms with Crippen molar-refractivity contribution in [3.63, 3.8) is 0 Å². The fourth-order valence-electron chi connectivity index (χ4n) is 6.34. The fraction of sp³-hybridized carbons (Fsp3) is 0.517. The summed E-state index contributed by atoms with van der Waals surface area (Å²) in [7, 11) is 0. The zero-order chi connectivity index (χ0) is 26.5. The van der Waals surface area contributed by atoms with Gasteiger partial charge in [-0.3, -0.25) is 19.4 Å². The summed E-state index contributed by atoms with van der Waals surface area (Å²) < 4.78 is 0. The van der Waals surface area contributed by atoms with Gasteiger partial charge < -0.3 is 10.2 Å². The molecular weight excluding hydrogens is 440 g/mol. The van der Waals surface area contributed by atoms with E-state index in [-0.39, 0.29) is 23.3 Å². The molecule has 188 valence electrons. The number of amides is 2. The molecule has 2 heterocycles. The number of hydrogen-bond acceptors (Lipinski definition) is 4. The van der Waals surface area contributed by atoms with Crippen molar-refractivity contribution in [3.8, 4) is 11.5 Å². The van der Waals surface area contributed by atoms with Gasteiger partial charge in [-0.25, -0.2) is 0 Å². The Morgan fingerprint density at radius 2 is 0.914 bits per heavy atom. The molecule has 0 aliphatic carbocycles. The van der Waals surface area contributed by atoms with Gasteiger partial charge in [-0.15, -0.1) is 0 Å². The lowest BCUT2D eigenvalue weighted by Crippen LogP contribution is -2.69. The summed E-state index contributed by atoms with van der Waals surface area (Å²) in [4.78, 5) is 32.2. The molecule has 0 unspecified atom stereocenters. The molecule has 6 heteroatoms. The predicted octanol–water partition coefficient (Wildman–Crippen LogP) is 5.91. The summed E-state index contributed by atoms with van der Waals surface area (Å²) in [5, 5.41) is 21.2. The highest BCUT2D eigenvalue weighted by atomic mass is 16.3. The van der Waals surface area contributed by atoms with E-state index in [1.165, 1.54) is 0 Å². The van der Waals surface area contributed by atoms with Gasteiger partial charge >= 0.3 is 0 Å². The maximum atomic E-state index is 14.4. The molecule has 2 aromatic carbocycles. The minimum absolute atomic E-state index is 0.0916. The number of hydrogen-bond donors (Lipinski definition) is 2. The second-order valence-corrected chi connectivity index (χ2v) is 12.4. The van der Waals surface area contributed by atoms with Crippen LogP contribution in [0.1, 0.15) is 66.5 Å². The minimum atomic E-state index is -1.15. The highest BCUT2D eigenvalue weighted by molar-refractivity contribution is 6.11.